The van der Waals surface area contributed by atoms with E-state index in [9.17, 15) is 4.79 Å². The molecule has 0 atom stereocenters. The van der Waals surface area contributed by atoms with Crippen LogP contribution in [0.15, 0.2) is 48.5 Å². The van der Waals surface area contributed by atoms with Gasteiger partial charge in [0.05, 0.1) is 12.8 Å². The summed E-state index contributed by atoms with van der Waals surface area (Å²) >= 11 is 0. The molecule has 0 aliphatic heterocycles. The van der Waals surface area contributed by atoms with E-state index in [2.05, 4.69) is 5.32 Å². The SMILES string of the molecule is COc1cccc(Oc2ccccc2NC=O)c1. The first-order chi connectivity index (χ1) is 8.83. The van der Waals surface area contributed by atoms with Crippen LogP contribution in [0.4, 0.5) is 5.69 Å². The summed E-state index contributed by atoms with van der Waals surface area (Å²) < 4.78 is 10.8. The van der Waals surface area contributed by atoms with E-state index in [1.165, 1.54) is 0 Å². The number of hydrogen-bond donors (Lipinski definition) is 1. The van der Waals surface area contributed by atoms with Gasteiger partial charge in [-0.25, -0.2) is 0 Å². The zero-order valence-electron chi connectivity index (χ0n) is 9.92. The normalized spacial score (nSPS) is 9.61. The Hall–Kier alpha value is -2.49. The van der Waals surface area contributed by atoms with E-state index >= 15 is 0 Å². The van der Waals surface area contributed by atoms with Gasteiger partial charge in [-0.2, -0.15) is 0 Å². The first-order valence-corrected chi connectivity index (χ1v) is 5.44. The van der Waals surface area contributed by atoms with Crippen LogP contribution in [0.5, 0.6) is 17.2 Å². The Labute approximate surface area is 105 Å². The number of amides is 1. The van der Waals surface area contributed by atoms with Crippen molar-refractivity contribution in [1.82, 2.24) is 0 Å². The molecule has 0 aromatic heterocycles. The Kier molecular flexibility index (Phi) is 3.81. The molecule has 4 nitrogen and oxygen atoms in total. The van der Waals surface area contributed by atoms with Crippen LogP contribution in [-0.4, -0.2) is 13.5 Å². The van der Waals surface area contributed by atoms with Gasteiger partial charge in [0.25, 0.3) is 0 Å². The fraction of sp³-hybridized carbons (Fsp3) is 0.0714. The van der Waals surface area contributed by atoms with Crippen LogP contribution in [-0.2, 0) is 4.79 Å². The van der Waals surface area contributed by atoms with Crippen LogP contribution in [0, 0.1) is 0 Å². The monoisotopic (exact) mass is 243 g/mol. The second kappa shape index (κ2) is 5.72. The second-order valence-electron chi connectivity index (χ2n) is 3.54. The number of nitrogens with one attached hydrogen (secondary N) is 1. The number of anilines is 1. The molecule has 4 heteroatoms. The van der Waals surface area contributed by atoms with Crippen molar-refractivity contribution in [2.24, 2.45) is 0 Å². The van der Waals surface area contributed by atoms with Gasteiger partial charge in [0, 0.05) is 6.07 Å². The van der Waals surface area contributed by atoms with Gasteiger partial charge >= 0.3 is 0 Å². The van der Waals surface area contributed by atoms with Crippen molar-refractivity contribution in [3.05, 3.63) is 48.5 Å². The van der Waals surface area contributed by atoms with Gasteiger partial charge in [-0.1, -0.05) is 18.2 Å². The molecule has 2 aromatic carbocycles. The molecule has 2 rings (SSSR count). The van der Waals surface area contributed by atoms with Crippen LogP contribution >= 0.6 is 0 Å². The molecular formula is C14H13NO3. The molecule has 0 heterocycles. The summed E-state index contributed by atoms with van der Waals surface area (Å²) in [6.45, 7) is 0. The Morgan fingerprint density at radius 2 is 1.83 bits per heavy atom. The van der Waals surface area contributed by atoms with Crippen LogP contribution < -0.4 is 14.8 Å². The van der Waals surface area contributed by atoms with Crippen molar-refractivity contribution in [2.45, 2.75) is 0 Å². The average Bonchev–Trinajstić information content (AvgIpc) is 2.41. The van der Waals surface area contributed by atoms with Crippen molar-refractivity contribution in [1.29, 1.82) is 0 Å². The van der Waals surface area contributed by atoms with Crippen LogP contribution in [0.2, 0.25) is 0 Å². The highest BCUT2D eigenvalue weighted by atomic mass is 16.5. The van der Waals surface area contributed by atoms with Crippen molar-refractivity contribution >= 4 is 12.1 Å². The summed E-state index contributed by atoms with van der Waals surface area (Å²) in [5.74, 6) is 1.95. The van der Waals surface area contributed by atoms with Gasteiger partial charge < -0.3 is 14.8 Å². The lowest BCUT2D eigenvalue weighted by molar-refractivity contribution is -0.105. The summed E-state index contributed by atoms with van der Waals surface area (Å²) in [5.41, 5.74) is 0.621. The summed E-state index contributed by atoms with van der Waals surface area (Å²) in [6.07, 6.45) is 0.619. The predicted molar refractivity (Wildman–Crippen MR) is 69.2 cm³/mol. The standard InChI is InChI=1S/C14H13NO3/c1-17-11-5-4-6-12(9-11)18-14-8-3-2-7-13(14)15-10-16/h2-10H,1H3,(H,15,16). The minimum Gasteiger partial charge on any atom is -0.497 e. The average molecular weight is 243 g/mol. The van der Waals surface area contributed by atoms with Crippen LogP contribution in [0.25, 0.3) is 0 Å². The predicted octanol–water partition coefficient (Wildman–Crippen LogP) is 3.06. The molecule has 1 N–H and O–H groups in total. The quantitative estimate of drug-likeness (QED) is 0.821. The first-order valence-electron chi connectivity index (χ1n) is 5.44. The molecule has 0 saturated carbocycles. The van der Waals surface area contributed by atoms with Gasteiger partial charge in [-0.3, -0.25) is 4.79 Å². The third kappa shape index (κ3) is 2.79. The molecule has 0 radical (unpaired) electrons. The minimum absolute atomic E-state index is 0.581. The third-order valence-electron chi connectivity index (χ3n) is 2.37. The number of methoxy groups -OCH3 is 1. The minimum atomic E-state index is 0.581. The number of para-hydroxylation sites is 2. The molecule has 2 aromatic rings. The largest absolute Gasteiger partial charge is 0.497 e. The van der Waals surface area contributed by atoms with Gasteiger partial charge in [0.2, 0.25) is 6.41 Å². The summed E-state index contributed by atoms with van der Waals surface area (Å²) in [4.78, 5) is 10.5. The van der Waals surface area contributed by atoms with Crippen molar-refractivity contribution in [2.75, 3.05) is 12.4 Å². The number of benzene rings is 2. The Balaban J connectivity index is 2.24. The maximum Gasteiger partial charge on any atom is 0.211 e. The zero-order valence-corrected chi connectivity index (χ0v) is 9.92. The molecule has 1 amide bonds. The van der Waals surface area contributed by atoms with E-state index < -0.39 is 0 Å². The highest BCUT2D eigenvalue weighted by molar-refractivity contribution is 5.75. The number of rotatable bonds is 5. The topological polar surface area (TPSA) is 47.6 Å². The molecule has 0 saturated heterocycles. The molecule has 0 bridgehead atoms. The van der Waals surface area contributed by atoms with Gasteiger partial charge in [0.1, 0.15) is 11.5 Å². The fourth-order valence-corrected chi connectivity index (χ4v) is 1.53. The maximum atomic E-state index is 10.5. The summed E-state index contributed by atoms with van der Waals surface area (Å²) in [7, 11) is 1.60. The van der Waals surface area contributed by atoms with Gasteiger partial charge in [-0.05, 0) is 24.3 Å². The number of carbonyl (C=O) groups excluding carboxylic acids is 1. The molecule has 0 spiro atoms. The Morgan fingerprint density at radius 3 is 2.61 bits per heavy atom. The first kappa shape index (κ1) is 12.0. The molecule has 0 aliphatic carbocycles. The van der Waals surface area contributed by atoms with E-state index in [0.29, 0.717) is 29.3 Å². The van der Waals surface area contributed by atoms with E-state index in [4.69, 9.17) is 9.47 Å². The number of ether oxygens (including phenoxy) is 2. The lowest BCUT2D eigenvalue weighted by Crippen LogP contribution is -1.96. The van der Waals surface area contributed by atoms with Crippen LogP contribution in [0.1, 0.15) is 0 Å². The Bertz CT molecular complexity index is 540. The van der Waals surface area contributed by atoms with Gasteiger partial charge in [0.15, 0.2) is 5.75 Å². The summed E-state index contributed by atoms with van der Waals surface area (Å²) in [6, 6.07) is 14.5. The second-order valence-corrected chi connectivity index (χ2v) is 3.54. The lowest BCUT2D eigenvalue weighted by Gasteiger charge is -2.10. The molecular weight excluding hydrogens is 230 g/mol. The van der Waals surface area contributed by atoms with E-state index in [1.54, 1.807) is 25.3 Å². The number of carbonyl (C=O) groups is 1. The van der Waals surface area contributed by atoms with Crippen molar-refractivity contribution in [3.8, 4) is 17.2 Å². The fourth-order valence-electron chi connectivity index (χ4n) is 1.53. The molecule has 0 aliphatic rings. The molecule has 0 fully saturated rings. The highest BCUT2D eigenvalue weighted by Gasteiger charge is 2.04. The van der Waals surface area contributed by atoms with Gasteiger partial charge in [-0.15, -0.1) is 0 Å². The van der Waals surface area contributed by atoms with Crippen molar-refractivity contribution in [3.63, 3.8) is 0 Å². The lowest BCUT2D eigenvalue weighted by atomic mass is 10.3. The van der Waals surface area contributed by atoms with E-state index in [1.807, 2.05) is 30.3 Å². The molecule has 18 heavy (non-hydrogen) atoms. The molecule has 0 unspecified atom stereocenters. The summed E-state index contributed by atoms with van der Waals surface area (Å²) in [5, 5.41) is 2.59. The smallest absolute Gasteiger partial charge is 0.211 e. The van der Waals surface area contributed by atoms with E-state index in [-0.39, 0.29) is 0 Å². The van der Waals surface area contributed by atoms with E-state index in [0.717, 1.165) is 0 Å². The molecule has 92 valence electrons. The third-order valence-corrected chi connectivity index (χ3v) is 2.37. The maximum absolute atomic E-state index is 10.5. The van der Waals surface area contributed by atoms with Crippen molar-refractivity contribution < 1.29 is 14.3 Å². The zero-order chi connectivity index (χ0) is 12.8. The number of hydrogen-bond acceptors (Lipinski definition) is 3. The highest BCUT2D eigenvalue weighted by Crippen LogP contribution is 2.30. The Morgan fingerprint density at radius 1 is 1.06 bits per heavy atom. The van der Waals surface area contributed by atoms with Crippen LogP contribution in [0.3, 0.4) is 0 Å².